The van der Waals surface area contributed by atoms with E-state index in [1.54, 1.807) is 6.07 Å². The molecule has 2 rings (SSSR count). The Bertz CT molecular complexity index is 400. The van der Waals surface area contributed by atoms with Gasteiger partial charge in [0.05, 0.1) is 6.10 Å². The molecular weight excluding hydrogens is 250 g/mol. The number of nitrogens with one attached hydrogen (secondary N) is 1. The van der Waals surface area contributed by atoms with E-state index in [-0.39, 0.29) is 6.10 Å². The molecule has 0 aliphatic heterocycles. The smallest absolute Gasteiger partial charge is 0.134 e. The van der Waals surface area contributed by atoms with Crippen LogP contribution >= 0.6 is 11.6 Å². The SMILES string of the molecule is CCCc1nc(Cl)cc(NCC2CCC(O)C2)n1. The minimum Gasteiger partial charge on any atom is -0.393 e. The first-order valence-electron chi connectivity index (χ1n) is 6.62. The van der Waals surface area contributed by atoms with Crippen LogP contribution in [0.3, 0.4) is 0 Å². The molecule has 1 aromatic rings. The second-order valence-electron chi connectivity index (χ2n) is 4.96. The van der Waals surface area contributed by atoms with Crippen molar-refractivity contribution in [2.24, 2.45) is 5.92 Å². The zero-order valence-corrected chi connectivity index (χ0v) is 11.5. The molecule has 2 unspecified atom stereocenters. The number of halogens is 1. The molecule has 1 heterocycles. The van der Waals surface area contributed by atoms with Gasteiger partial charge in [-0.1, -0.05) is 18.5 Å². The Morgan fingerprint density at radius 1 is 1.44 bits per heavy atom. The second-order valence-corrected chi connectivity index (χ2v) is 5.34. The predicted molar refractivity (Wildman–Crippen MR) is 72.9 cm³/mol. The summed E-state index contributed by atoms with van der Waals surface area (Å²) in [6.45, 7) is 2.94. The Balaban J connectivity index is 1.92. The lowest BCUT2D eigenvalue weighted by molar-refractivity contribution is 0.178. The molecular formula is C13H20ClN3O. The third kappa shape index (κ3) is 3.82. The Morgan fingerprint density at radius 2 is 2.28 bits per heavy atom. The summed E-state index contributed by atoms with van der Waals surface area (Å²) in [5.41, 5.74) is 0. The second kappa shape index (κ2) is 6.34. The van der Waals surface area contributed by atoms with Gasteiger partial charge in [-0.05, 0) is 31.6 Å². The summed E-state index contributed by atoms with van der Waals surface area (Å²) in [6.07, 6.45) is 4.60. The maximum Gasteiger partial charge on any atom is 0.134 e. The highest BCUT2D eigenvalue weighted by Gasteiger charge is 2.22. The van der Waals surface area contributed by atoms with Gasteiger partial charge in [-0.2, -0.15) is 0 Å². The van der Waals surface area contributed by atoms with Crippen molar-refractivity contribution < 1.29 is 5.11 Å². The molecule has 1 saturated carbocycles. The van der Waals surface area contributed by atoms with Crippen molar-refractivity contribution in [2.75, 3.05) is 11.9 Å². The first-order valence-corrected chi connectivity index (χ1v) is 7.00. The quantitative estimate of drug-likeness (QED) is 0.807. The molecule has 0 radical (unpaired) electrons. The van der Waals surface area contributed by atoms with Crippen LogP contribution in [0.2, 0.25) is 5.15 Å². The minimum atomic E-state index is -0.124. The van der Waals surface area contributed by atoms with Gasteiger partial charge in [0.2, 0.25) is 0 Å². The van der Waals surface area contributed by atoms with Crippen LogP contribution in [0.25, 0.3) is 0 Å². The summed E-state index contributed by atoms with van der Waals surface area (Å²) in [7, 11) is 0. The van der Waals surface area contributed by atoms with E-state index in [1.165, 1.54) is 0 Å². The highest BCUT2D eigenvalue weighted by Crippen LogP contribution is 2.25. The normalized spacial score (nSPS) is 23.3. The van der Waals surface area contributed by atoms with Crippen LogP contribution in [0, 0.1) is 5.92 Å². The number of nitrogens with zero attached hydrogens (tertiary/aromatic N) is 2. The largest absolute Gasteiger partial charge is 0.393 e. The molecule has 1 aliphatic rings. The fourth-order valence-electron chi connectivity index (χ4n) is 2.37. The van der Waals surface area contributed by atoms with Gasteiger partial charge in [0.15, 0.2) is 0 Å². The molecule has 18 heavy (non-hydrogen) atoms. The molecule has 0 spiro atoms. The standard InChI is InChI=1S/C13H20ClN3O/c1-2-3-12-16-11(14)7-13(17-12)15-8-9-4-5-10(18)6-9/h7,9-10,18H,2-6,8H2,1H3,(H,15,16,17). The first kappa shape index (κ1) is 13.6. The van der Waals surface area contributed by atoms with Gasteiger partial charge < -0.3 is 10.4 Å². The van der Waals surface area contributed by atoms with Gasteiger partial charge in [-0.15, -0.1) is 0 Å². The molecule has 0 saturated heterocycles. The molecule has 2 N–H and O–H groups in total. The van der Waals surface area contributed by atoms with Crippen LogP contribution in [-0.4, -0.2) is 27.7 Å². The molecule has 1 aliphatic carbocycles. The highest BCUT2D eigenvalue weighted by molar-refractivity contribution is 6.29. The zero-order valence-electron chi connectivity index (χ0n) is 10.7. The topological polar surface area (TPSA) is 58.0 Å². The van der Waals surface area contributed by atoms with Gasteiger partial charge in [-0.3, -0.25) is 0 Å². The summed E-state index contributed by atoms with van der Waals surface area (Å²) in [5.74, 6) is 2.11. The van der Waals surface area contributed by atoms with Crippen molar-refractivity contribution in [3.63, 3.8) is 0 Å². The van der Waals surface area contributed by atoms with Crippen LogP contribution in [0.1, 0.15) is 38.4 Å². The van der Waals surface area contributed by atoms with Crippen LogP contribution in [0.15, 0.2) is 6.07 Å². The number of aromatic nitrogens is 2. The van der Waals surface area contributed by atoms with E-state index in [0.717, 1.165) is 50.3 Å². The average Bonchev–Trinajstić information content (AvgIpc) is 2.72. The lowest BCUT2D eigenvalue weighted by Crippen LogP contribution is -2.14. The summed E-state index contributed by atoms with van der Waals surface area (Å²) >= 11 is 5.97. The van der Waals surface area contributed by atoms with Gasteiger partial charge in [-0.25, -0.2) is 9.97 Å². The monoisotopic (exact) mass is 269 g/mol. The average molecular weight is 270 g/mol. The summed E-state index contributed by atoms with van der Waals surface area (Å²) < 4.78 is 0. The number of rotatable bonds is 5. The summed E-state index contributed by atoms with van der Waals surface area (Å²) in [5, 5.41) is 13.3. The molecule has 2 atom stereocenters. The lowest BCUT2D eigenvalue weighted by atomic mass is 10.1. The molecule has 1 fully saturated rings. The number of hydrogen-bond acceptors (Lipinski definition) is 4. The first-order chi connectivity index (χ1) is 8.67. The lowest BCUT2D eigenvalue weighted by Gasteiger charge is -2.12. The maximum absolute atomic E-state index is 9.48. The minimum absolute atomic E-state index is 0.124. The Morgan fingerprint density at radius 3 is 2.94 bits per heavy atom. The van der Waals surface area contributed by atoms with Crippen LogP contribution in [0.4, 0.5) is 5.82 Å². The van der Waals surface area contributed by atoms with Crippen molar-refractivity contribution >= 4 is 17.4 Å². The van der Waals surface area contributed by atoms with Crippen molar-refractivity contribution in [1.29, 1.82) is 0 Å². The van der Waals surface area contributed by atoms with Gasteiger partial charge in [0.1, 0.15) is 16.8 Å². The predicted octanol–water partition coefficient (Wildman–Crippen LogP) is 2.66. The fraction of sp³-hybridized carbons (Fsp3) is 0.692. The number of aryl methyl sites for hydroxylation is 1. The fourth-order valence-corrected chi connectivity index (χ4v) is 2.57. The van der Waals surface area contributed by atoms with E-state index in [0.29, 0.717) is 11.1 Å². The third-order valence-electron chi connectivity index (χ3n) is 3.30. The van der Waals surface area contributed by atoms with Gasteiger partial charge in [0, 0.05) is 19.0 Å². The summed E-state index contributed by atoms with van der Waals surface area (Å²) in [4.78, 5) is 8.62. The molecule has 5 heteroatoms. The van der Waals surface area contributed by atoms with E-state index in [9.17, 15) is 5.11 Å². The van der Waals surface area contributed by atoms with Crippen molar-refractivity contribution in [2.45, 2.75) is 45.1 Å². The molecule has 4 nitrogen and oxygen atoms in total. The number of anilines is 1. The molecule has 1 aromatic heterocycles. The Hall–Kier alpha value is -0.870. The van der Waals surface area contributed by atoms with Gasteiger partial charge in [0.25, 0.3) is 0 Å². The van der Waals surface area contributed by atoms with E-state index >= 15 is 0 Å². The number of aliphatic hydroxyl groups is 1. The third-order valence-corrected chi connectivity index (χ3v) is 3.49. The van der Waals surface area contributed by atoms with Crippen molar-refractivity contribution in [3.05, 3.63) is 17.0 Å². The van der Waals surface area contributed by atoms with Gasteiger partial charge >= 0.3 is 0 Å². The molecule has 0 amide bonds. The van der Waals surface area contributed by atoms with Crippen LogP contribution in [-0.2, 0) is 6.42 Å². The van der Waals surface area contributed by atoms with Crippen LogP contribution in [0.5, 0.6) is 0 Å². The van der Waals surface area contributed by atoms with E-state index in [4.69, 9.17) is 11.6 Å². The molecule has 100 valence electrons. The molecule has 0 aromatic carbocycles. The molecule has 0 bridgehead atoms. The van der Waals surface area contributed by atoms with E-state index in [1.807, 2.05) is 0 Å². The van der Waals surface area contributed by atoms with Crippen molar-refractivity contribution in [1.82, 2.24) is 9.97 Å². The highest BCUT2D eigenvalue weighted by atomic mass is 35.5. The van der Waals surface area contributed by atoms with Crippen LogP contribution < -0.4 is 5.32 Å². The summed E-state index contributed by atoms with van der Waals surface area (Å²) in [6, 6.07) is 1.76. The number of aliphatic hydroxyl groups excluding tert-OH is 1. The van der Waals surface area contributed by atoms with E-state index < -0.39 is 0 Å². The maximum atomic E-state index is 9.48. The van der Waals surface area contributed by atoms with E-state index in [2.05, 4.69) is 22.2 Å². The zero-order chi connectivity index (χ0) is 13.0. The Labute approximate surface area is 113 Å². The van der Waals surface area contributed by atoms with Crippen molar-refractivity contribution in [3.8, 4) is 0 Å². The number of hydrogen-bond donors (Lipinski definition) is 2. The Kier molecular flexibility index (Phi) is 4.78.